The van der Waals surface area contributed by atoms with Crippen LogP contribution in [0.3, 0.4) is 0 Å². The second-order valence-electron chi connectivity index (χ2n) is 6.64. The Bertz CT molecular complexity index is 1100. The lowest BCUT2D eigenvalue weighted by Gasteiger charge is -2.11. The molecule has 33 heavy (non-hydrogen) atoms. The minimum atomic E-state index is -0.250. The lowest BCUT2D eigenvalue weighted by molar-refractivity contribution is -0.118. The number of methoxy groups -OCH3 is 3. The van der Waals surface area contributed by atoms with Crippen molar-refractivity contribution >= 4 is 47.0 Å². The van der Waals surface area contributed by atoms with Crippen molar-refractivity contribution < 1.29 is 19.0 Å². The predicted octanol–water partition coefficient (Wildman–Crippen LogP) is 4.41. The number of hydrogen-bond donors (Lipinski definition) is 1. The first-order valence-electron chi connectivity index (χ1n) is 9.79. The van der Waals surface area contributed by atoms with E-state index in [0.717, 1.165) is 14.4 Å². The number of carbonyl (C=O) groups is 1. The van der Waals surface area contributed by atoms with Gasteiger partial charge in [0, 0.05) is 17.4 Å². The lowest BCUT2D eigenvalue weighted by Crippen LogP contribution is -2.19. The molecule has 0 spiro atoms. The highest BCUT2D eigenvalue weighted by Crippen LogP contribution is 2.34. The monoisotopic (exact) mass is 504 g/mol. The van der Waals surface area contributed by atoms with Crippen LogP contribution in [0.5, 0.6) is 17.2 Å². The van der Waals surface area contributed by atoms with Crippen molar-refractivity contribution in [1.82, 2.24) is 15.6 Å². The fourth-order valence-electron chi connectivity index (χ4n) is 2.63. The van der Waals surface area contributed by atoms with Gasteiger partial charge in [0.2, 0.25) is 0 Å². The van der Waals surface area contributed by atoms with Crippen LogP contribution >= 0.6 is 34.9 Å². The van der Waals surface area contributed by atoms with Gasteiger partial charge in [0.25, 0.3) is 5.91 Å². The van der Waals surface area contributed by atoms with Crippen LogP contribution in [0.2, 0.25) is 0 Å². The third-order valence-electron chi connectivity index (χ3n) is 4.33. The number of benzene rings is 2. The van der Waals surface area contributed by atoms with Gasteiger partial charge in [0.15, 0.2) is 20.2 Å². The number of thioether (sulfide) groups is 2. The van der Waals surface area contributed by atoms with Crippen LogP contribution in [0.25, 0.3) is 0 Å². The standard InChI is InChI=1S/C22H24N4O4S3/c1-14-5-7-15(8-6-14)12-31-21-25-26-22(33-21)32-13-20(27)24-23-11-16-9-18(29-3)19(30-4)10-17(16)28-2/h5-11H,12-13H2,1-4H3,(H,24,27)/b23-11+. The van der Waals surface area contributed by atoms with Gasteiger partial charge >= 0.3 is 0 Å². The fourth-order valence-corrected chi connectivity index (χ4v) is 5.40. The molecular formula is C22H24N4O4S3. The van der Waals surface area contributed by atoms with E-state index in [9.17, 15) is 4.79 Å². The maximum absolute atomic E-state index is 12.2. The van der Waals surface area contributed by atoms with Crippen molar-refractivity contribution in [2.75, 3.05) is 27.1 Å². The molecule has 0 bridgehead atoms. The zero-order chi connectivity index (χ0) is 23.6. The molecule has 0 atom stereocenters. The van der Waals surface area contributed by atoms with E-state index in [1.165, 1.54) is 40.4 Å². The average Bonchev–Trinajstić information content (AvgIpc) is 3.30. The lowest BCUT2D eigenvalue weighted by atomic mass is 10.2. The summed E-state index contributed by atoms with van der Waals surface area (Å²) in [7, 11) is 4.64. The minimum Gasteiger partial charge on any atom is -0.496 e. The SMILES string of the molecule is COc1cc(OC)c(OC)cc1/C=N/NC(=O)CSc1nnc(SCc2ccc(C)cc2)s1. The van der Waals surface area contributed by atoms with Crippen LogP contribution in [0.1, 0.15) is 16.7 Å². The summed E-state index contributed by atoms with van der Waals surface area (Å²) in [6.07, 6.45) is 1.49. The topological polar surface area (TPSA) is 94.9 Å². The molecule has 0 saturated heterocycles. The molecule has 1 heterocycles. The predicted molar refractivity (Wildman–Crippen MR) is 133 cm³/mol. The third kappa shape index (κ3) is 7.37. The summed E-state index contributed by atoms with van der Waals surface area (Å²) in [4.78, 5) is 12.2. The molecule has 0 radical (unpaired) electrons. The van der Waals surface area contributed by atoms with Gasteiger partial charge in [-0.3, -0.25) is 4.79 Å². The number of rotatable bonds is 11. The number of aromatic nitrogens is 2. The summed E-state index contributed by atoms with van der Waals surface area (Å²) in [5.74, 6) is 2.38. The van der Waals surface area contributed by atoms with E-state index in [0.29, 0.717) is 22.8 Å². The number of ether oxygens (including phenoxy) is 3. The van der Waals surface area contributed by atoms with Crippen molar-refractivity contribution in [2.45, 2.75) is 21.4 Å². The average molecular weight is 505 g/mol. The van der Waals surface area contributed by atoms with Crippen molar-refractivity contribution in [3.05, 3.63) is 53.1 Å². The normalized spacial score (nSPS) is 10.9. The summed E-state index contributed by atoms with van der Waals surface area (Å²) >= 11 is 4.43. The molecule has 11 heteroatoms. The second kappa shape index (κ2) is 12.5. The van der Waals surface area contributed by atoms with Gasteiger partial charge in [-0.05, 0) is 18.6 Å². The number of aryl methyl sites for hydroxylation is 1. The molecule has 0 aliphatic heterocycles. The van der Waals surface area contributed by atoms with Gasteiger partial charge in [-0.2, -0.15) is 5.10 Å². The Kier molecular flexibility index (Phi) is 9.40. The molecule has 3 aromatic rings. The summed E-state index contributed by atoms with van der Waals surface area (Å²) < 4.78 is 17.5. The summed E-state index contributed by atoms with van der Waals surface area (Å²) in [6, 6.07) is 11.8. The largest absolute Gasteiger partial charge is 0.496 e. The van der Waals surface area contributed by atoms with Gasteiger partial charge in [0.1, 0.15) is 5.75 Å². The maximum atomic E-state index is 12.2. The number of hydrogen-bond acceptors (Lipinski definition) is 10. The van der Waals surface area contributed by atoms with E-state index in [1.54, 1.807) is 45.2 Å². The first-order valence-corrected chi connectivity index (χ1v) is 12.6. The molecule has 0 fully saturated rings. The van der Waals surface area contributed by atoms with Crippen LogP contribution in [-0.2, 0) is 10.5 Å². The molecule has 1 N–H and O–H groups in total. The van der Waals surface area contributed by atoms with Crippen molar-refractivity contribution in [1.29, 1.82) is 0 Å². The summed E-state index contributed by atoms with van der Waals surface area (Å²) in [5.41, 5.74) is 5.63. The number of nitrogens with zero attached hydrogens (tertiary/aromatic N) is 3. The first-order chi connectivity index (χ1) is 16.0. The zero-order valence-corrected chi connectivity index (χ0v) is 21.1. The quantitative estimate of drug-likeness (QED) is 0.233. The molecule has 0 unspecified atom stereocenters. The Labute approximate surface area is 205 Å². The molecule has 2 aromatic carbocycles. The second-order valence-corrected chi connectivity index (χ2v) is 10.1. The Morgan fingerprint density at radius 3 is 2.30 bits per heavy atom. The van der Waals surface area contributed by atoms with Crippen LogP contribution in [0, 0.1) is 6.92 Å². The molecule has 3 rings (SSSR count). The maximum Gasteiger partial charge on any atom is 0.250 e. The highest BCUT2D eigenvalue weighted by molar-refractivity contribution is 8.03. The first kappa shape index (κ1) is 24.9. The number of nitrogens with one attached hydrogen (secondary N) is 1. The molecule has 0 aliphatic carbocycles. The highest BCUT2D eigenvalue weighted by atomic mass is 32.2. The van der Waals surface area contributed by atoms with Crippen LogP contribution in [-0.4, -0.2) is 49.4 Å². The number of hydrazone groups is 1. The van der Waals surface area contributed by atoms with E-state index in [2.05, 4.69) is 51.9 Å². The molecular weight excluding hydrogens is 480 g/mol. The van der Waals surface area contributed by atoms with Crippen LogP contribution < -0.4 is 19.6 Å². The molecule has 0 aliphatic rings. The highest BCUT2D eigenvalue weighted by Gasteiger charge is 2.11. The van der Waals surface area contributed by atoms with Crippen molar-refractivity contribution in [2.24, 2.45) is 5.10 Å². The van der Waals surface area contributed by atoms with E-state index < -0.39 is 0 Å². The molecule has 0 saturated carbocycles. The smallest absolute Gasteiger partial charge is 0.250 e. The van der Waals surface area contributed by atoms with E-state index in [-0.39, 0.29) is 11.7 Å². The van der Waals surface area contributed by atoms with Gasteiger partial charge in [-0.1, -0.05) is 64.7 Å². The molecule has 1 aromatic heterocycles. The summed E-state index contributed by atoms with van der Waals surface area (Å²) in [6.45, 7) is 2.07. The molecule has 1 amide bonds. The molecule has 8 nitrogen and oxygen atoms in total. The van der Waals surface area contributed by atoms with E-state index in [1.807, 2.05) is 0 Å². The van der Waals surface area contributed by atoms with E-state index in [4.69, 9.17) is 14.2 Å². The van der Waals surface area contributed by atoms with E-state index >= 15 is 0 Å². The zero-order valence-electron chi connectivity index (χ0n) is 18.7. The Hall–Kier alpha value is -2.76. The Balaban J connectivity index is 1.48. The van der Waals surface area contributed by atoms with Gasteiger partial charge < -0.3 is 14.2 Å². The number of amides is 1. The van der Waals surface area contributed by atoms with Crippen LogP contribution in [0.4, 0.5) is 0 Å². The minimum absolute atomic E-state index is 0.178. The van der Waals surface area contributed by atoms with Gasteiger partial charge in [-0.15, -0.1) is 10.2 Å². The Morgan fingerprint density at radius 2 is 1.64 bits per heavy atom. The Morgan fingerprint density at radius 1 is 1.00 bits per heavy atom. The summed E-state index contributed by atoms with van der Waals surface area (Å²) in [5, 5.41) is 12.4. The number of carbonyl (C=O) groups excluding carboxylic acids is 1. The van der Waals surface area contributed by atoms with Crippen molar-refractivity contribution in [3.8, 4) is 17.2 Å². The third-order valence-corrected chi connectivity index (χ3v) is 7.59. The fraction of sp³-hybridized carbons (Fsp3) is 0.273. The van der Waals surface area contributed by atoms with Gasteiger partial charge in [-0.25, -0.2) is 5.43 Å². The molecule has 174 valence electrons. The van der Waals surface area contributed by atoms with Crippen molar-refractivity contribution in [3.63, 3.8) is 0 Å². The van der Waals surface area contributed by atoms with Gasteiger partial charge in [0.05, 0.1) is 33.3 Å². The van der Waals surface area contributed by atoms with Crippen LogP contribution in [0.15, 0.2) is 50.2 Å².